The second kappa shape index (κ2) is 8.47. The third-order valence-electron chi connectivity index (χ3n) is 5.16. The molecule has 0 radical (unpaired) electrons. The van der Waals surface area contributed by atoms with Gasteiger partial charge in [0.2, 0.25) is 0 Å². The predicted octanol–water partition coefficient (Wildman–Crippen LogP) is 5.70. The molecule has 0 heterocycles. The van der Waals surface area contributed by atoms with Crippen molar-refractivity contribution in [3.05, 3.63) is 53.1 Å². The lowest BCUT2D eigenvalue weighted by Crippen LogP contribution is -2.15. The molecule has 3 rings (SSSR count). The lowest BCUT2D eigenvalue weighted by Gasteiger charge is -2.16. The molecule has 1 saturated carbocycles. The summed E-state index contributed by atoms with van der Waals surface area (Å²) in [6, 6.07) is 11.5. The van der Waals surface area contributed by atoms with Crippen LogP contribution in [0.5, 0.6) is 11.5 Å². The fourth-order valence-corrected chi connectivity index (χ4v) is 3.58. The van der Waals surface area contributed by atoms with Crippen molar-refractivity contribution >= 4 is 11.6 Å². The van der Waals surface area contributed by atoms with Gasteiger partial charge in [0.1, 0.15) is 11.5 Å². The molecule has 2 aromatic rings. The van der Waals surface area contributed by atoms with Crippen LogP contribution in [0.25, 0.3) is 0 Å². The highest BCUT2D eigenvalue weighted by atomic mass is 16.5. The Morgan fingerprint density at radius 1 is 1.11 bits per heavy atom. The van der Waals surface area contributed by atoms with Gasteiger partial charge in [-0.2, -0.15) is 0 Å². The summed E-state index contributed by atoms with van der Waals surface area (Å²) >= 11 is 0. The third kappa shape index (κ3) is 4.62. The molecule has 1 aliphatic carbocycles. The van der Waals surface area contributed by atoms with Gasteiger partial charge >= 0.3 is 0 Å². The van der Waals surface area contributed by atoms with Gasteiger partial charge in [0.05, 0.1) is 13.2 Å². The molecule has 1 amide bonds. The summed E-state index contributed by atoms with van der Waals surface area (Å²) in [6.45, 7) is 6.12. The third-order valence-corrected chi connectivity index (χ3v) is 5.16. The Bertz CT molecular complexity index is 790. The van der Waals surface area contributed by atoms with Crippen LogP contribution in [0.1, 0.15) is 66.9 Å². The number of carbonyl (C=O) groups excluding carboxylic acids is 1. The summed E-state index contributed by atoms with van der Waals surface area (Å²) in [5, 5.41) is 2.99. The van der Waals surface area contributed by atoms with Gasteiger partial charge in [-0.1, -0.05) is 13.8 Å². The number of nitrogens with one attached hydrogen (secondary N) is 1. The summed E-state index contributed by atoms with van der Waals surface area (Å²) in [5.74, 6) is 1.86. The quantitative estimate of drug-likeness (QED) is 0.712. The van der Waals surface area contributed by atoms with E-state index in [9.17, 15) is 4.79 Å². The van der Waals surface area contributed by atoms with Gasteiger partial charge in [-0.15, -0.1) is 0 Å². The van der Waals surface area contributed by atoms with E-state index < -0.39 is 0 Å². The van der Waals surface area contributed by atoms with E-state index in [0.717, 1.165) is 41.2 Å². The van der Waals surface area contributed by atoms with Crippen molar-refractivity contribution in [2.24, 2.45) is 0 Å². The molecule has 1 fully saturated rings. The van der Waals surface area contributed by atoms with E-state index in [1.165, 1.54) is 12.8 Å². The van der Waals surface area contributed by atoms with Crippen LogP contribution in [-0.4, -0.2) is 19.1 Å². The molecule has 1 N–H and O–H groups in total. The standard InChI is InChI=1S/C23H29NO3/c1-15(2)20-14-21(16(3)13-22(20)26-4)23(25)24-17-9-11-19(12-10-17)27-18-7-5-6-8-18/h9-15,18H,5-8H2,1-4H3,(H,24,25). The van der Waals surface area contributed by atoms with Gasteiger partial charge in [0.15, 0.2) is 0 Å². The Morgan fingerprint density at radius 3 is 2.37 bits per heavy atom. The molecule has 27 heavy (non-hydrogen) atoms. The van der Waals surface area contributed by atoms with Crippen LogP contribution >= 0.6 is 0 Å². The summed E-state index contributed by atoms with van der Waals surface area (Å²) in [5.41, 5.74) is 3.37. The summed E-state index contributed by atoms with van der Waals surface area (Å²) in [4.78, 5) is 12.8. The summed E-state index contributed by atoms with van der Waals surface area (Å²) in [6.07, 6.45) is 5.10. The number of methoxy groups -OCH3 is 1. The maximum Gasteiger partial charge on any atom is 0.255 e. The van der Waals surface area contributed by atoms with E-state index in [0.29, 0.717) is 11.7 Å². The largest absolute Gasteiger partial charge is 0.496 e. The van der Waals surface area contributed by atoms with Gasteiger partial charge in [0, 0.05) is 11.3 Å². The van der Waals surface area contributed by atoms with E-state index in [1.807, 2.05) is 43.3 Å². The minimum absolute atomic E-state index is 0.110. The van der Waals surface area contributed by atoms with Crippen LogP contribution in [0.2, 0.25) is 0 Å². The highest BCUT2D eigenvalue weighted by molar-refractivity contribution is 6.05. The molecule has 1 aliphatic rings. The number of amides is 1. The van der Waals surface area contributed by atoms with Gasteiger partial charge in [-0.25, -0.2) is 0 Å². The lowest BCUT2D eigenvalue weighted by molar-refractivity contribution is 0.102. The zero-order valence-corrected chi connectivity index (χ0v) is 16.7. The smallest absolute Gasteiger partial charge is 0.255 e. The topological polar surface area (TPSA) is 47.6 Å². The predicted molar refractivity (Wildman–Crippen MR) is 109 cm³/mol. The monoisotopic (exact) mass is 367 g/mol. The highest BCUT2D eigenvalue weighted by Gasteiger charge is 2.17. The molecule has 0 spiro atoms. The Hall–Kier alpha value is -2.49. The first-order valence-corrected chi connectivity index (χ1v) is 9.74. The molecule has 4 nitrogen and oxygen atoms in total. The average molecular weight is 367 g/mol. The molecule has 0 unspecified atom stereocenters. The van der Waals surface area contributed by atoms with Crippen LogP contribution < -0.4 is 14.8 Å². The van der Waals surface area contributed by atoms with Crippen LogP contribution in [0.4, 0.5) is 5.69 Å². The first-order valence-electron chi connectivity index (χ1n) is 9.74. The molecule has 0 aromatic heterocycles. The fourth-order valence-electron chi connectivity index (χ4n) is 3.58. The van der Waals surface area contributed by atoms with Crippen LogP contribution in [0.15, 0.2) is 36.4 Å². The van der Waals surface area contributed by atoms with E-state index in [1.54, 1.807) is 7.11 Å². The number of ether oxygens (including phenoxy) is 2. The zero-order valence-electron chi connectivity index (χ0n) is 16.7. The second-order valence-electron chi connectivity index (χ2n) is 7.57. The summed E-state index contributed by atoms with van der Waals surface area (Å²) < 4.78 is 11.4. The molecule has 0 aliphatic heterocycles. The lowest BCUT2D eigenvalue weighted by atomic mass is 9.96. The number of benzene rings is 2. The normalized spacial score (nSPS) is 14.4. The van der Waals surface area contributed by atoms with Gasteiger partial charge in [-0.3, -0.25) is 4.79 Å². The summed E-state index contributed by atoms with van der Waals surface area (Å²) in [7, 11) is 1.66. The van der Waals surface area contributed by atoms with Gasteiger partial charge in [-0.05, 0) is 86.1 Å². The van der Waals surface area contributed by atoms with E-state index in [-0.39, 0.29) is 11.8 Å². The number of carbonyl (C=O) groups is 1. The van der Waals surface area contributed by atoms with Crippen molar-refractivity contribution in [3.8, 4) is 11.5 Å². The zero-order chi connectivity index (χ0) is 19.4. The molecular weight excluding hydrogens is 338 g/mol. The number of hydrogen-bond donors (Lipinski definition) is 1. The molecule has 144 valence electrons. The SMILES string of the molecule is COc1cc(C)c(C(=O)Nc2ccc(OC3CCCC3)cc2)cc1C(C)C. The highest BCUT2D eigenvalue weighted by Crippen LogP contribution is 2.30. The van der Waals surface area contributed by atoms with E-state index in [4.69, 9.17) is 9.47 Å². The second-order valence-corrected chi connectivity index (χ2v) is 7.57. The Morgan fingerprint density at radius 2 is 1.78 bits per heavy atom. The molecular formula is C23H29NO3. The average Bonchev–Trinajstić information content (AvgIpc) is 3.15. The van der Waals surface area contributed by atoms with E-state index >= 15 is 0 Å². The molecule has 2 aromatic carbocycles. The van der Waals surface area contributed by atoms with Crippen molar-refractivity contribution in [1.82, 2.24) is 0 Å². The number of anilines is 1. The first-order chi connectivity index (χ1) is 13.0. The van der Waals surface area contributed by atoms with Crippen molar-refractivity contribution in [2.45, 2.75) is 58.5 Å². The number of rotatable bonds is 6. The molecule has 0 saturated heterocycles. The van der Waals surface area contributed by atoms with Crippen molar-refractivity contribution in [3.63, 3.8) is 0 Å². The van der Waals surface area contributed by atoms with Gasteiger partial charge < -0.3 is 14.8 Å². The molecule has 0 atom stereocenters. The number of hydrogen-bond acceptors (Lipinski definition) is 3. The maximum absolute atomic E-state index is 12.8. The Kier molecular flexibility index (Phi) is 6.04. The van der Waals surface area contributed by atoms with E-state index in [2.05, 4.69) is 19.2 Å². The first kappa shape index (κ1) is 19.3. The Balaban J connectivity index is 1.72. The van der Waals surface area contributed by atoms with Crippen molar-refractivity contribution in [2.75, 3.05) is 12.4 Å². The van der Waals surface area contributed by atoms with Crippen LogP contribution in [0, 0.1) is 6.92 Å². The minimum atomic E-state index is -0.110. The molecule has 4 heteroatoms. The van der Waals surface area contributed by atoms with Gasteiger partial charge in [0.25, 0.3) is 5.91 Å². The van der Waals surface area contributed by atoms with Crippen molar-refractivity contribution < 1.29 is 14.3 Å². The maximum atomic E-state index is 12.8. The number of aryl methyl sites for hydroxylation is 1. The Labute approximate surface area is 161 Å². The minimum Gasteiger partial charge on any atom is -0.496 e. The van der Waals surface area contributed by atoms with Crippen LogP contribution in [-0.2, 0) is 0 Å². The fraction of sp³-hybridized carbons (Fsp3) is 0.435. The van der Waals surface area contributed by atoms with Crippen LogP contribution in [0.3, 0.4) is 0 Å². The van der Waals surface area contributed by atoms with Crippen molar-refractivity contribution in [1.29, 1.82) is 0 Å². The molecule has 0 bridgehead atoms.